The van der Waals surface area contributed by atoms with E-state index >= 15 is 0 Å². The summed E-state index contributed by atoms with van der Waals surface area (Å²) in [6, 6.07) is 16.4. The van der Waals surface area contributed by atoms with Gasteiger partial charge in [-0.1, -0.05) is 35.9 Å². The van der Waals surface area contributed by atoms with E-state index in [9.17, 15) is 4.79 Å². The molecule has 0 spiro atoms. The minimum absolute atomic E-state index is 0.108. The first kappa shape index (κ1) is 19.3. The van der Waals surface area contributed by atoms with Gasteiger partial charge in [0.15, 0.2) is 0 Å². The van der Waals surface area contributed by atoms with Crippen molar-refractivity contribution in [2.75, 3.05) is 11.9 Å². The summed E-state index contributed by atoms with van der Waals surface area (Å²) >= 11 is 0. The van der Waals surface area contributed by atoms with Crippen molar-refractivity contribution in [1.82, 2.24) is 19.9 Å². The van der Waals surface area contributed by atoms with E-state index in [1.54, 1.807) is 17.1 Å². The molecule has 2 aromatic carbocycles. The van der Waals surface area contributed by atoms with E-state index in [1.807, 2.05) is 36.4 Å². The zero-order valence-corrected chi connectivity index (χ0v) is 16.8. The van der Waals surface area contributed by atoms with E-state index < -0.39 is 0 Å². The van der Waals surface area contributed by atoms with Gasteiger partial charge in [-0.3, -0.25) is 9.69 Å². The summed E-state index contributed by atoms with van der Waals surface area (Å²) in [4.78, 5) is 15.2. The zero-order valence-electron chi connectivity index (χ0n) is 16.8. The van der Waals surface area contributed by atoms with E-state index in [0.29, 0.717) is 18.2 Å². The third-order valence-corrected chi connectivity index (χ3v) is 5.54. The number of aromatic nitrogens is 3. The number of amides is 1. The molecular formula is C23H27N5O. The number of piperidine rings is 1. The summed E-state index contributed by atoms with van der Waals surface area (Å²) < 4.78 is 1.74. The monoisotopic (exact) mass is 389 g/mol. The minimum atomic E-state index is -0.108. The number of benzene rings is 2. The van der Waals surface area contributed by atoms with E-state index in [2.05, 4.69) is 39.6 Å². The molecule has 4 rings (SSSR count). The number of anilines is 1. The van der Waals surface area contributed by atoms with Gasteiger partial charge < -0.3 is 5.32 Å². The Morgan fingerprint density at radius 3 is 2.72 bits per heavy atom. The van der Waals surface area contributed by atoms with Crippen LogP contribution in [-0.2, 0) is 13.1 Å². The first-order valence-electron chi connectivity index (χ1n) is 10.2. The van der Waals surface area contributed by atoms with Gasteiger partial charge in [0.1, 0.15) is 0 Å². The van der Waals surface area contributed by atoms with Gasteiger partial charge in [-0.15, -0.1) is 5.10 Å². The molecule has 6 heteroatoms. The Hall–Kier alpha value is -2.99. The number of nitrogens with zero attached hydrogens (tertiary/aromatic N) is 4. The summed E-state index contributed by atoms with van der Waals surface area (Å²) in [5.41, 5.74) is 3.74. The Morgan fingerprint density at radius 2 is 1.97 bits per heavy atom. The standard InChI is InChI=1S/C23H27N5O/c1-18-5-2-3-13-27(18)16-19-8-10-22(11-9-19)25-23(29)21-7-4-6-20(15-21)17-28-14-12-24-26-28/h4,6-12,14-15,18H,2-3,5,13,16-17H2,1H3,(H,25,29). The average molecular weight is 390 g/mol. The molecule has 1 fully saturated rings. The summed E-state index contributed by atoms with van der Waals surface area (Å²) in [5.74, 6) is -0.108. The molecule has 3 aromatic rings. The van der Waals surface area contributed by atoms with E-state index in [1.165, 1.54) is 31.4 Å². The van der Waals surface area contributed by atoms with Crippen molar-refractivity contribution in [3.8, 4) is 0 Å². The van der Waals surface area contributed by atoms with Crippen LogP contribution in [0.4, 0.5) is 5.69 Å². The van der Waals surface area contributed by atoms with Crippen LogP contribution in [0.1, 0.15) is 47.7 Å². The Bertz CT molecular complexity index is 936. The second-order valence-electron chi connectivity index (χ2n) is 7.77. The van der Waals surface area contributed by atoms with Gasteiger partial charge in [-0.25, -0.2) is 4.68 Å². The summed E-state index contributed by atoms with van der Waals surface area (Å²) in [6.45, 7) is 5.04. The molecule has 1 amide bonds. The highest BCUT2D eigenvalue weighted by Gasteiger charge is 2.18. The maximum atomic E-state index is 12.7. The molecule has 1 N–H and O–H groups in total. The van der Waals surface area contributed by atoms with Gasteiger partial charge in [0, 0.05) is 30.0 Å². The maximum absolute atomic E-state index is 12.7. The molecule has 0 bridgehead atoms. The summed E-state index contributed by atoms with van der Waals surface area (Å²) in [7, 11) is 0. The van der Waals surface area contributed by atoms with Crippen LogP contribution < -0.4 is 5.32 Å². The number of carbonyl (C=O) groups excluding carboxylic acids is 1. The first-order chi connectivity index (χ1) is 14.2. The van der Waals surface area contributed by atoms with Gasteiger partial charge >= 0.3 is 0 Å². The highest BCUT2D eigenvalue weighted by molar-refractivity contribution is 6.04. The Balaban J connectivity index is 1.37. The van der Waals surface area contributed by atoms with Crippen LogP contribution in [0.5, 0.6) is 0 Å². The fourth-order valence-corrected chi connectivity index (χ4v) is 3.84. The SMILES string of the molecule is CC1CCCCN1Cc1ccc(NC(=O)c2cccc(Cn3ccnn3)c2)cc1. The zero-order chi connectivity index (χ0) is 20.1. The molecule has 1 saturated heterocycles. The van der Waals surface area contributed by atoms with Gasteiger partial charge in [-0.05, 0) is 61.7 Å². The van der Waals surface area contributed by atoms with Crippen molar-refractivity contribution in [1.29, 1.82) is 0 Å². The number of nitrogens with one attached hydrogen (secondary N) is 1. The molecule has 2 heterocycles. The summed E-state index contributed by atoms with van der Waals surface area (Å²) in [5, 5.41) is 10.8. The number of hydrogen-bond acceptors (Lipinski definition) is 4. The molecule has 0 saturated carbocycles. The number of carbonyl (C=O) groups is 1. The first-order valence-corrected chi connectivity index (χ1v) is 10.2. The highest BCUT2D eigenvalue weighted by Crippen LogP contribution is 2.20. The minimum Gasteiger partial charge on any atom is -0.322 e. The van der Waals surface area contributed by atoms with Crippen LogP contribution in [0.25, 0.3) is 0 Å². The molecule has 1 atom stereocenters. The Labute approximate surface area is 171 Å². The van der Waals surface area contributed by atoms with Crippen molar-refractivity contribution in [3.63, 3.8) is 0 Å². The van der Waals surface area contributed by atoms with Crippen LogP contribution >= 0.6 is 0 Å². The molecule has 1 aliphatic rings. The summed E-state index contributed by atoms with van der Waals surface area (Å²) in [6.07, 6.45) is 7.35. The van der Waals surface area contributed by atoms with Crippen LogP contribution in [-0.4, -0.2) is 38.4 Å². The average Bonchev–Trinajstić information content (AvgIpc) is 3.24. The molecule has 29 heavy (non-hydrogen) atoms. The van der Waals surface area contributed by atoms with Crippen molar-refractivity contribution in [3.05, 3.63) is 77.6 Å². The third-order valence-electron chi connectivity index (χ3n) is 5.54. The highest BCUT2D eigenvalue weighted by atomic mass is 16.1. The van der Waals surface area contributed by atoms with Crippen LogP contribution in [0.15, 0.2) is 60.9 Å². The fraction of sp³-hybridized carbons (Fsp3) is 0.348. The molecule has 150 valence electrons. The lowest BCUT2D eigenvalue weighted by atomic mass is 10.0. The second-order valence-corrected chi connectivity index (χ2v) is 7.77. The van der Waals surface area contributed by atoms with E-state index in [-0.39, 0.29) is 5.91 Å². The number of likely N-dealkylation sites (tertiary alicyclic amines) is 1. The molecule has 1 aliphatic heterocycles. The topological polar surface area (TPSA) is 63.1 Å². The predicted molar refractivity (Wildman–Crippen MR) is 114 cm³/mol. The predicted octanol–water partition coefficient (Wildman–Crippen LogP) is 3.95. The molecule has 1 unspecified atom stereocenters. The van der Waals surface area contributed by atoms with Gasteiger partial charge in [0.25, 0.3) is 5.91 Å². The van der Waals surface area contributed by atoms with Crippen molar-refractivity contribution in [2.45, 2.75) is 45.3 Å². The molecule has 1 aromatic heterocycles. The number of rotatable bonds is 6. The molecule has 6 nitrogen and oxygen atoms in total. The maximum Gasteiger partial charge on any atom is 0.255 e. The van der Waals surface area contributed by atoms with E-state index in [4.69, 9.17) is 0 Å². The van der Waals surface area contributed by atoms with E-state index in [0.717, 1.165) is 17.8 Å². The number of hydrogen-bond donors (Lipinski definition) is 1. The van der Waals surface area contributed by atoms with Gasteiger partial charge in [0.05, 0.1) is 12.7 Å². The van der Waals surface area contributed by atoms with Crippen LogP contribution in [0.2, 0.25) is 0 Å². The third kappa shape index (κ3) is 5.09. The van der Waals surface area contributed by atoms with Crippen molar-refractivity contribution >= 4 is 11.6 Å². The van der Waals surface area contributed by atoms with Gasteiger partial charge in [-0.2, -0.15) is 0 Å². The van der Waals surface area contributed by atoms with Gasteiger partial charge in [0.2, 0.25) is 0 Å². The normalized spacial score (nSPS) is 17.2. The molecular weight excluding hydrogens is 362 g/mol. The quantitative estimate of drug-likeness (QED) is 0.693. The fourth-order valence-electron chi connectivity index (χ4n) is 3.84. The molecule has 0 radical (unpaired) electrons. The second kappa shape index (κ2) is 9.01. The smallest absolute Gasteiger partial charge is 0.255 e. The lowest BCUT2D eigenvalue weighted by molar-refractivity contribution is 0.102. The van der Waals surface area contributed by atoms with Crippen molar-refractivity contribution < 1.29 is 4.79 Å². The molecule has 0 aliphatic carbocycles. The Morgan fingerprint density at radius 1 is 1.10 bits per heavy atom. The van der Waals surface area contributed by atoms with Crippen LogP contribution in [0.3, 0.4) is 0 Å². The van der Waals surface area contributed by atoms with Crippen molar-refractivity contribution in [2.24, 2.45) is 0 Å². The van der Waals surface area contributed by atoms with Crippen LogP contribution in [0, 0.1) is 0 Å². The largest absolute Gasteiger partial charge is 0.322 e. The Kier molecular flexibility index (Phi) is 6.00. The lowest BCUT2D eigenvalue weighted by Crippen LogP contribution is -2.36. The lowest BCUT2D eigenvalue weighted by Gasteiger charge is -2.33.